The van der Waals surface area contributed by atoms with Crippen LogP contribution in [0, 0.1) is 5.92 Å². The number of hydrogen-bond donors (Lipinski definition) is 1. The molecule has 4 heteroatoms. The molecule has 1 fully saturated rings. The minimum atomic E-state index is 0.128. The van der Waals surface area contributed by atoms with Crippen molar-refractivity contribution >= 4 is 43.4 Å². The van der Waals surface area contributed by atoms with Crippen LogP contribution in [0.1, 0.15) is 43.0 Å². The summed E-state index contributed by atoms with van der Waals surface area (Å²) in [7, 11) is 0. The standard InChI is InChI=1S/C26H25BrN2O/c1-2-29-21-8-4-3-6-18(21)23-22(29)14-13-20-24(23)26-19(7-5-15-30-26)25(28-20)16-9-11-17(27)12-10-16/h3-4,6,8-14,19,25-26,28H,2,5,7,15H2,1H3/t19-,25+,26-/m1/s1. The van der Waals surface area contributed by atoms with Gasteiger partial charge in [-0.05, 0) is 55.7 Å². The first-order valence-electron chi connectivity index (χ1n) is 10.9. The van der Waals surface area contributed by atoms with Gasteiger partial charge in [0.05, 0.1) is 12.1 Å². The summed E-state index contributed by atoms with van der Waals surface area (Å²) in [5.74, 6) is 0.432. The van der Waals surface area contributed by atoms with Crippen LogP contribution in [0.3, 0.4) is 0 Å². The number of rotatable bonds is 2. The van der Waals surface area contributed by atoms with Crippen LogP contribution in [0.25, 0.3) is 21.8 Å². The van der Waals surface area contributed by atoms with Gasteiger partial charge in [0.1, 0.15) is 0 Å². The molecule has 1 aromatic heterocycles. The molecule has 0 bridgehead atoms. The summed E-state index contributed by atoms with van der Waals surface area (Å²) in [6.45, 7) is 4.04. The van der Waals surface area contributed by atoms with E-state index in [1.807, 2.05) is 0 Å². The second-order valence-electron chi connectivity index (χ2n) is 8.45. The van der Waals surface area contributed by atoms with Gasteiger partial charge in [-0.25, -0.2) is 0 Å². The largest absolute Gasteiger partial charge is 0.378 e. The number of ether oxygens (including phenoxy) is 1. The van der Waals surface area contributed by atoms with Crippen molar-refractivity contribution < 1.29 is 4.74 Å². The Hall–Kier alpha value is -2.30. The highest BCUT2D eigenvalue weighted by Crippen LogP contribution is 2.52. The van der Waals surface area contributed by atoms with E-state index >= 15 is 0 Å². The van der Waals surface area contributed by atoms with Gasteiger partial charge in [0.2, 0.25) is 0 Å². The summed E-state index contributed by atoms with van der Waals surface area (Å²) >= 11 is 3.58. The van der Waals surface area contributed by atoms with Gasteiger partial charge in [-0.1, -0.05) is 46.3 Å². The third kappa shape index (κ3) is 2.67. The van der Waals surface area contributed by atoms with Gasteiger partial charge in [-0.2, -0.15) is 0 Å². The Morgan fingerprint density at radius 2 is 1.87 bits per heavy atom. The molecule has 3 aromatic carbocycles. The van der Waals surface area contributed by atoms with Crippen molar-refractivity contribution in [1.82, 2.24) is 4.57 Å². The zero-order valence-corrected chi connectivity index (χ0v) is 18.7. The molecule has 30 heavy (non-hydrogen) atoms. The molecule has 1 N–H and O–H groups in total. The lowest BCUT2D eigenvalue weighted by Gasteiger charge is -2.43. The molecule has 0 unspecified atom stereocenters. The minimum Gasteiger partial charge on any atom is -0.378 e. The van der Waals surface area contributed by atoms with Gasteiger partial charge >= 0.3 is 0 Å². The fraction of sp³-hybridized carbons (Fsp3) is 0.308. The molecule has 1 saturated heterocycles. The first-order chi connectivity index (χ1) is 14.8. The Morgan fingerprint density at radius 1 is 1.03 bits per heavy atom. The van der Waals surface area contributed by atoms with Crippen molar-refractivity contribution in [1.29, 1.82) is 0 Å². The van der Waals surface area contributed by atoms with E-state index in [0.29, 0.717) is 5.92 Å². The van der Waals surface area contributed by atoms with Crippen molar-refractivity contribution in [3.63, 3.8) is 0 Å². The van der Waals surface area contributed by atoms with Crippen LogP contribution in [-0.2, 0) is 11.3 Å². The van der Waals surface area contributed by atoms with Gasteiger partial charge < -0.3 is 14.6 Å². The summed E-state index contributed by atoms with van der Waals surface area (Å²) in [5, 5.41) is 6.61. The fourth-order valence-electron chi connectivity index (χ4n) is 5.65. The quantitative estimate of drug-likeness (QED) is 0.341. The molecule has 0 aliphatic carbocycles. The molecule has 0 saturated carbocycles. The predicted molar refractivity (Wildman–Crippen MR) is 127 cm³/mol. The molecule has 3 nitrogen and oxygen atoms in total. The van der Waals surface area contributed by atoms with Crippen LogP contribution in [0.2, 0.25) is 0 Å². The van der Waals surface area contributed by atoms with Crippen LogP contribution >= 0.6 is 15.9 Å². The van der Waals surface area contributed by atoms with E-state index in [-0.39, 0.29) is 12.1 Å². The van der Waals surface area contributed by atoms with Gasteiger partial charge in [0, 0.05) is 56.6 Å². The number of nitrogens with zero attached hydrogens (tertiary/aromatic N) is 1. The highest BCUT2D eigenvalue weighted by molar-refractivity contribution is 9.10. The summed E-state index contributed by atoms with van der Waals surface area (Å²) in [5.41, 5.74) is 6.53. The summed E-state index contributed by atoms with van der Waals surface area (Å²) in [6, 6.07) is 22.4. The van der Waals surface area contributed by atoms with Crippen LogP contribution < -0.4 is 5.32 Å². The average Bonchev–Trinajstić information content (AvgIpc) is 3.12. The minimum absolute atomic E-state index is 0.128. The Labute approximate surface area is 185 Å². The van der Waals surface area contributed by atoms with E-state index in [1.54, 1.807) is 0 Å². The van der Waals surface area contributed by atoms with E-state index in [4.69, 9.17) is 4.74 Å². The molecule has 4 aromatic rings. The van der Waals surface area contributed by atoms with Crippen molar-refractivity contribution in [3.8, 4) is 0 Å². The fourth-order valence-corrected chi connectivity index (χ4v) is 5.91. The second kappa shape index (κ2) is 7.14. The van der Waals surface area contributed by atoms with Crippen LogP contribution in [-0.4, -0.2) is 11.2 Å². The topological polar surface area (TPSA) is 26.2 Å². The zero-order valence-electron chi connectivity index (χ0n) is 17.1. The van der Waals surface area contributed by atoms with Crippen LogP contribution in [0.15, 0.2) is 65.1 Å². The molecule has 0 spiro atoms. The Morgan fingerprint density at radius 3 is 2.70 bits per heavy atom. The lowest BCUT2D eigenvalue weighted by Crippen LogP contribution is -2.36. The van der Waals surface area contributed by atoms with Crippen molar-refractivity contribution in [2.75, 3.05) is 11.9 Å². The Bertz CT molecular complexity index is 1240. The zero-order chi connectivity index (χ0) is 20.2. The molecular formula is C26H25BrN2O. The Kier molecular flexibility index (Phi) is 4.39. The average molecular weight is 461 g/mol. The smallest absolute Gasteiger partial charge is 0.0902 e. The molecule has 152 valence electrons. The van der Waals surface area contributed by atoms with Crippen molar-refractivity contribution in [2.45, 2.75) is 38.5 Å². The maximum atomic E-state index is 6.53. The molecule has 2 aliphatic rings. The number of aromatic nitrogens is 1. The van der Waals surface area contributed by atoms with Gasteiger partial charge in [0.25, 0.3) is 0 Å². The molecule has 6 rings (SSSR count). The molecular weight excluding hydrogens is 436 g/mol. The number of para-hydroxylation sites is 1. The maximum absolute atomic E-state index is 6.53. The lowest BCUT2D eigenvalue weighted by atomic mass is 9.76. The number of hydrogen-bond acceptors (Lipinski definition) is 2. The van der Waals surface area contributed by atoms with Crippen LogP contribution in [0.4, 0.5) is 5.69 Å². The number of aryl methyl sites for hydroxylation is 1. The maximum Gasteiger partial charge on any atom is 0.0902 e. The number of nitrogens with one attached hydrogen (secondary N) is 1. The molecule has 0 radical (unpaired) electrons. The first kappa shape index (κ1) is 18.5. The van der Waals surface area contributed by atoms with E-state index in [0.717, 1.165) is 24.0 Å². The molecule has 2 aliphatic heterocycles. The highest BCUT2D eigenvalue weighted by Gasteiger charge is 2.41. The van der Waals surface area contributed by atoms with Gasteiger partial charge in [-0.15, -0.1) is 0 Å². The van der Waals surface area contributed by atoms with Crippen molar-refractivity contribution in [2.24, 2.45) is 5.92 Å². The van der Waals surface area contributed by atoms with E-state index in [9.17, 15) is 0 Å². The van der Waals surface area contributed by atoms with Crippen molar-refractivity contribution in [3.05, 3.63) is 76.3 Å². The third-order valence-corrected chi connectivity index (χ3v) is 7.44. The molecule has 3 atom stereocenters. The van der Waals surface area contributed by atoms with E-state index in [1.165, 1.54) is 45.0 Å². The summed E-state index contributed by atoms with van der Waals surface area (Å²) in [6.07, 6.45) is 2.43. The summed E-state index contributed by atoms with van der Waals surface area (Å²) in [4.78, 5) is 0. The van der Waals surface area contributed by atoms with Gasteiger partial charge in [0.15, 0.2) is 0 Å². The van der Waals surface area contributed by atoms with Crippen LogP contribution in [0.5, 0.6) is 0 Å². The first-order valence-corrected chi connectivity index (χ1v) is 11.7. The highest BCUT2D eigenvalue weighted by atomic mass is 79.9. The number of anilines is 1. The normalized spacial score (nSPS) is 23.2. The number of fused-ring (bicyclic) bond motifs is 7. The monoisotopic (exact) mass is 460 g/mol. The predicted octanol–water partition coefficient (Wildman–Crippen LogP) is 7.21. The summed E-state index contributed by atoms with van der Waals surface area (Å²) < 4.78 is 10.1. The van der Waals surface area contributed by atoms with E-state index < -0.39 is 0 Å². The third-order valence-electron chi connectivity index (χ3n) is 6.92. The number of benzene rings is 3. The number of halogens is 1. The SMILES string of the molecule is CCn1c2ccccc2c2c3c(ccc21)N[C@@H](c1ccc(Br)cc1)[C@H]1CCCO[C@@H]31. The van der Waals surface area contributed by atoms with E-state index in [2.05, 4.69) is 93.4 Å². The lowest BCUT2D eigenvalue weighted by molar-refractivity contribution is -0.0372. The van der Waals surface area contributed by atoms with Gasteiger partial charge in [-0.3, -0.25) is 0 Å². The Balaban J connectivity index is 1.60. The molecule has 0 amide bonds. The molecule has 3 heterocycles. The second-order valence-corrected chi connectivity index (χ2v) is 9.37.